The van der Waals surface area contributed by atoms with Crippen molar-refractivity contribution >= 4 is 6.09 Å². The Morgan fingerprint density at radius 2 is 2.14 bits per heavy atom. The summed E-state index contributed by atoms with van der Waals surface area (Å²) in [4.78, 5) is 9.13. The second-order valence-corrected chi connectivity index (χ2v) is 0.748. The van der Waals surface area contributed by atoms with Gasteiger partial charge < -0.3 is 0 Å². The molecular weight excluding hydrogens is 108 g/mol. The van der Waals surface area contributed by atoms with Crippen molar-refractivity contribution < 1.29 is 18.8 Å². The smallest absolute Gasteiger partial charge is 0.224 e. The molecule has 3 nitrogen and oxygen atoms in total. The number of carbonyl (C=O) groups excluding carboxylic acids is 1. The molecule has 0 aromatic heterocycles. The van der Waals surface area contributed by atoms with Crippen molar-refractivity contribution in [3.8, 4) is 0 Å². The first-order chi connectivity index (χ1) is 3.18. The zero-order valence-corrected chi connectivity index (χ0v) is 3.23. The minimum Gasteiger partial charge on any atom is -0.224 e. The number of nitrogens with zero attached hydrogens (tertiary/aromatic N) is 1. The summed E-state index contributed by atoms with van der Waals surface area (Å²) in [6, 6.07) is 0. The molecule has 0 bridgehead atoms. The van der Waals surface area contributed by atoms with Crippen LogP contribution in [0.3, 0.4) is 0 Å². The quantitative estimate of drug-likeness (QED) is 0.361. The topological polar surface area (TPSA) is 40.2 Å². The summed E-state index contributed by atoms with van der Waals surface area (Å²) in [5.41, 5.74) is 0. The summed E-state index contributed by atoms with van der Waals surface area (Å²) in [6.45, 7) is -1.68. The molecule has 0 fully saturated rings. The van der Waals surface area contributed by atoms with Crippen molar-refractivity contribution in [3.05, 3.63) is 0 Å². The van der Waals surface area contributed by atoms with E-state index >= 15 is 0 Å². The predicted octanol–water partition coefficient (Wildman–Crippen LogP) is 0.650. The van der Waals surface area contributed by atoms with Gasteiger partial charge in [0, 0.05) is 0 Å². The van der Waals surface area contributed by atoms with Crippen molar-refractivity contribution in [2.75, 3.05) is 6.80 Å². The second kappa shape index (κ2) is 2.33. The molecule has 0 aliphatic rings. The van der Waals surface area contributed by atoms with Crippen LogP contribution in [0.25, 0.3) is 0 Å². The molecule has 41 valence electrons. The highest BCUT2D eigenvalue weighted by Gasteiger charge is 2.09. The van der Waals surface area contributed by atoms with Crippen LogP contribution in [0.4, 0.5) is 13.7 Å². The number of alkyl halides is 1. The molecule has 5 heteroatoms. The van der Waals surface area contributed by atoms with E-state index in [2.05, 4.69) is 0 Å². The lowest BCUT2D eigenvalue weighted by Gasteiger charge is -1.94. The molecule has 0 aromatic carbocycles. The van der Waals surface area contributed by atoms with E-state index in [-0.39, 0.29) is 0 Å². The van der Waals surface area contributed by atoms with E-state index in [0.717, 1.165) is 0 Å². The van der Waals surface area contributed by atoms with E-state index in [0.29, 0.717) is 0 Å². The van der Waals surface area contributed by atoms with E-state index in [1.807, 2.05) is 0 Å². The van der Waals surface area contributed by atoms with Gasteiger partial charge in [0.25, 0.3) is 0 Å². The Bertz CT molecular complexity index is 76.1. The third-order valence-corrected chi connectivity index (χ3v) is 0.303. The summed E-state index contributed by atoms with van der Waals surface area (Å²) in [7, 11) is 0. The molecule has 0 aliphatic heterocycles. The molecule has 0 heterocycles. The van der Waals surface area contributed by atoms with Gasteiger partial charge in [0.15, 0.2) is 6.80 Å². The van der Waals surface area contributed by atoms with Gasteiger partial charge in [0.2, 0.25) is 0 Å². The average molecular weight is 110 g/mol. The van der Waals surface area contributed by atoms with Crippen LogP contribution in [-0.4, -0.2) is 18.0 Å². The normalized spacial score (nSPS) is 8.29. The summed E-state index contributed by atoms with van der Waals surface area (Å²) in [6.07, 6.45) is -2.16. The number of hydrogen-bond donors (Lipinski definition) is 0. The lowest BCUT2D eigenvalue weighted by molar-refractivity contribution is -0.0121. The first-order valence-electron chi connectivity index (χ1n) is 1.38. The third kappa shape index (κ3) is 1.91. The monoisotopic (exact) mass is 110 g/mol. The summed E-state index contributed by atoms with van der Waals surface area (Å²) >= 11 is 0. The summed E-state index contributed by atoms with van der Waals surface area (Å²) in [5.74, 6) is 0. The zero-order chi connectivity index (χ0) is 5.86. The van der Waals surface area contributed by atoms with Crippen LogP contribution in [0.5, 0.6) is 0 Å². The van der Waals surface area contributed by atoms with Gasteiger partial charge in [-0.2, -0.15) is 0 Å². The van der Waals surface area contributed by atoms with Crippen molar-refractivity contribution in [3.63, 3.8) is 0 Å². The van der Waals surface area contributed by atoms with Crippen molar-refractivity contribution in [2.24, 2.45) is 0 Å². The number of hydrogen-bond acceptors (Lipinski definition) is 1. The molecule has 0 aliphatic carbocycles. The Kier molecular flexibility index (Phi) is 2.04. The fourth-order valence-electron chi connectivity index (χ4n) is 0.0488. The van der Waals surface area contributed by atoms with Crippen LogP contribution in [0.2, 0.25) is 0 Å². The highest BCUT2D eigenvalue weighted by atomic mass is 19.2. The highest BCUT2D eigenvalue weighted by molar-refractivity contribution is 5.62. The van der Waals surface area contributed by atoms with Crippen LogP contribution >= 0.6 is 0 Å². The Morgan fingerprint density at radius 3 is 2.14 bits per heavy atom. The molecule has 0 unspecified atom stereocenters. The molecule has 1 amide bonds. The molecule has 0 atom stereocenters. The maximum absolute atomic E-state index is 11.1. The Morgan fingerprint density at radius 1 is 1.71 bits per heavy atom. The van der Waals surface area contributed by atoms with Crippen LogP contribution in [0, 0.1) is 0 Å². The van der Waals surface area contributed by atoms with E-state index in [1.54, 1.807) is 0 Å². The number of amides is 1. The van der Waals surface area contributed by atoms with Gasteiger partial charge in [-0.3, -0.25) is 0 Å². The maximum Gasteiger partial charge on any atom is 0.483 e. The van der Waals surface area contributed by atoms with Crippen LogP contribution < -0.4 is 0 Å². The van der Waals surface area contributed by atoms with Crippen molar-refractivity contribution in [1.82, 2.24) is 5.12 Å². The van der Waals surface area contributed by atoms with E-state index in [4.69, 9.17) is 9.90 Å². The fraction of sp³-hybridized carbons (Fsp3) is 0.500. The van der Waals surface area contributed by atoms with Crippen LogP contribution in [0.15, 0.2) is 0 Å². The Labute approximate surface area is 38.1 Å². The zero-order valence-electron chi connectivity index (χ0n) is 3.23. The molecule has 1 radical (unpaired) electrons. The highest BCUT2D eigenvalue weighted by Crippen LogP contribution is 1.87. The molecule has 0 spiro atoms. The van der Waals surface area contributed by atoms with E-state index < -0.39 is 18.0 Å². The van der Waals surface area contributed by atoms with Gasteiger partial charge in [0.05, 0.1) is 0 Å². The molecule has 7 heavy (non-hydrogen) atoms. The Hall–Kier alpha value is -0.870. The number of halogens is 2. The summed E-state index contributed by atoms with van der Waals surface area (Å²) < 4.78 is 21.8. The number of rotatable bonds is 1. The van der Waals surface area contributed by atoms with Gasteiger partial charge >= 0.3 is 6.09 Å². The van der Waals surface area contributed by atoms with Gasteiger partial charge in [-0.15, -0.1) is 5.12 Å². The van der Waals surface area contributed by atoms with Gasteiger partial charge in [-0.05, 0) is 0 Å². The summed E-state index contributed by atoms with van der Waals surface area (Å²) in [5, 5.41) is 8.06. The lowest BCUT2D eigenvalue weighted by atomic mass is 11.1. The molecule has 0 saturated carbocycles. The van der Waals surface area contributed by atoms with E-state index in [1.165, 1.54) is 0 Å². The minimum atomic E-state index is -2.16. The molecular formula is C2H2F2NO2. The predicted molar refractivity (Wildman–Crippen MR) is 15.0 cm³/mol. The fourth-order valence-corrected chi connectivity index (χ4v) is 0.0488. The van der Waals surface area contributed by atoms with Crippen LogP contribution in [0.1, 0.15) is 0 Å². The first kappa shape index (κ1) is 6.13. The maximum atomic E-state index is 11.1. The first-order valence-corrected chi connectivity index (χ1v) is 1.38. The lowest BCUT2D eigenvalue weighted by Crippen LogP contribution is -2.17. The standard InChI is InChI=1S/C2H2F2NO2/c3-1-5(4)2(6)7/h1H2. The molecule has 0 N–H and O–H groups in total. The largest absolute Gasteiger partial charge is 0.483 e. The molecule has 0 rings (SSSR count). The third-order valence-electron chi connectivity index (χ3n) is 0.303. The van der Waals surface area contributed by atoms with Gasteiger partial charge in [-0.25, -0.2) is 14.3 Å². The van der Waals surface area contributed by atoms with Crippen molar-refractivity contribution in [2.45, 2.75) is 0 Å². The average Bonchev–Trinajstić information content (AvgIpc) is 1.65. The van der Waals surface area contributed by atoms with Crippen molar-refractivity contribution in [1.29, 1.82) is 0 Å². The van der Waals surface area contributed by atoms with Gasteiger partial charge in [0.1, 0.15) is 0 Å². The SMILES string of the molecule is [O]C(=O)N(F)CF. The molecule has 0 saturated heterocycles. The second-order valence-electron chi connectivity index (χ2n) is 0.748. The Balaban J connectivity index is 3.34. The van der Waals surface area contributed by atoms with E-state index in [9.17, 15) is 8.87 Å². The number of carbonyl (C=O) groups is 1. The van der Waals surface area contributed by atoms with Gasteiger partial charge in [-0.1, -0.05) is 4.48 Å². The minimum absolute atomic E-state index is 1.07. The molecule has 0 aromatic rings. The van der Waals surface area contributed by atoms with Crippen LogP contribution in [-0.2, 0) is 5.11 Å².